The summed E-state index contributed by atoms with van der Waals surface area (Å²) in [5.74, 6) is -0.291. The zero-order valence-corrected chi connectivity index (χ0v) is 18.7. The first-order chi connectivity index (χ1) is 16.1. The average molecular weight is 490 g/mol. The van der Waals surface area contributed by atoms with Gasteiger partial charge in [0.25, 0.3) is 5.91 Å². The van der Waals surface area contributed by atoms with Gasteiger partial charge in [0.2, 0.25) is 0 Å². The summed E-state index contributed by atoms with van der Waals surface area (Å²) < 4.78 is 48.2. The van der Waals surface area contributed by atoms with E-state index in [1.54, 1.807) is 35.8 Å². The fraction of sp³-hybridized carbons (Fsp3) is 0.261. The zero-order valence-electron chi connectivity index (χ0n) is 18.0. The van der Waals surface area contributed by atoms with Crippen LogP contribution in [0, 0.1) is 6.92 Å². The predicted octanol–water partition coefficient (Wildman–Crippen LogP) is 4.49. The van der Waals surface area contributed by atoms with Gasteiger partial charge in [-0.05, 0) is 31.2 Å². The molecule has 1 aliphatic heterocycles. The summed E-state index contributed by atoms with van der Waals surface area (Å²) in [7, 11) is 0. The topological polar surface area (TPSA) is 86.3 Å². The number of rotatable bonds is 3. The number of pyridine rings is 1. The lowest BCUT2D eigenvalue weighted by atomic mass is 10.1. The van der Waals surface area contributed by atoms with E-state index in [0.717, 1.165) is 6.07 Å². The van der Waals surface area contributed by atoms with Crippen molar-refractivity contribution in [3.05, 3.63) is 58.5 Å². The molecular weight excluding hydrogens is 471 g/mol. The monoisotopic (exact) mass is 489 g/mol. The normalized spacial score (nSPS) is 14.8. The lowest BCUT2D eigenvalue weighted by molar-refractivity contribution is -0.140. The summed E-state index contributed by atoms with van der Waals surface area (Å²) in [4.78, 5) is 22.6. The number of fused-ring (bicyclic) bond motifs is 2. The molecule has 0 atom stereocenters. The van der Waals surface area contributed by atoms with Gasteiger partial charge in [-0.3, -0.25) is 9.36 Å². The van der Waals surface area contributed by atoms with Crippen molar-refractivity contribution in [3.63, 3.8) is 0 Å². The van der Waals surface area contributed by atoms with Gasteiger partial charge in [-0.1, -0.05) is 23.7 Å². The lowest BCUT2D eigenvalue weighted by Crippen LogP contribution is -2.36. The number of para-hydroxylation sites is 1. The van der Waals surface area contributed by atoms with Gasteiger partial charge in [0.05, 0.1) is 40.5 Å². The van der Waals surface area contributed by atoms with Gasteiger partial charge in [-0.25, -0.2) is 9.97 Å². The number of primary amides is 1. The number of carbonyl (C=O) groups excluding carboxylic acids is 1. The van der Waals surface area contributed by atoms with Crippen LogP contribution in [0.25, 0.3) is 27.6 Å². The van der Waals surface area contributed by atoms with Gasteiger partial charge in [-0.2, -0.15) is 13.2 Å². The van der Waals surface area contributed by atoms with Crippen molar-refractivity contribution in [2.24, 2.45) is 5.73 Å². The number of ether oxygens (including phenoxy) is 1. The molecule has 0 spiro atoms. The summed E-state index contributed by atoms with van der Waals surface area (Å²) in [6, 6.07) is 9.22. The molecule has 2 aromatic heterocycles. The van der Waals surface area contributed by atoms with Crippen LogP contribution in [0.5, 0.6) is 0 Å². The Balaban J connectivity index is 1.86. The highest BCUT2D eigenvalue weighted by atomic mass is 35.5. The maximum Gasteiger partial charge on any atom is 0.433 e. The smallest absolute Gasteiger partial charge is 0.378 e. The van der Waals surface area contributed by atoms with Crippen LogP contribution in [0.4, 0.5) is 18.9 Å². The molecule has 2 aromatic carbocycles. The van der Waals surface area contributed by atoms with Crippen molar-refractivity contribution in [2.75, 3.05) is 31.2 Å². The molecule has 1 aliphatic rings. The number of halogens is 4. The zero-order chi connectivity index (χ0) is 24.2. The molecule has 34 heavy (non-hydrogen) atoms. The van der Waals surface area contributed by atoms with E-state index in [9.17, 15) is 18.0 Å². The number of benzene rings is 2. The fourth-order valence-corrected chi connectivity index (χ4v) is 4.52. The molecule has 176 valence electrons. The molecule has 5 rings (SSSR count). The van der Waals surface area contributed by atoms with E-state index in [1.807, 2.05) is 4.90 Å². The minimum Gasteiger partial charge on any atom is -0.378 e. The fourth-order valence-electron chi connectivity index (χ4n) is 4.30. The Hall–Kier alpha value is -3.37. The van der Waals surface area contributed by atoms with Crippen LogP contribution in [0.3, 0.4) is 0 Å². The minimum absolute atomic E-state index is 0.0229. The van der Waals surface area contributed by atoms with Gasteiger partial charge in [0.1, 0.15) is 17.0 Å². The highest BCUT2D eigenvalue weighted by Gasteiger charge is 2.34. The van der Waals surface area contributed by atoms with E-state index in [0.29, 0.717) is 54.2 Å². The van der Waals surface area contributed by atoms with Crippen molar-refractivity contribution in [1.29, 1.82) is 0 Å². The summed E-state index contributed by atoms with van der Waals surface area (Å²) >= 11 is 6.23. The number of morpholine rings is 1. The third kappa shape index (κ3) is 3.72. The van der Waals surface area contributed by atoms with E-state index < -0.39 is 17.8 Å². The molecule has 1 amide bonds. The summed E-state index contributed by atoms with van der Waals surface area (Å²) in [6.45, 7) is 3.89. The number of aromatic nitrogens is 3. The van der Waals surface area contributed by atoms with E-state index in [2.05, 4.69) is 9.97 Å². The Labute approximate surface area is 196 Å². The standard InChI is InChI=1S/C23H19ClF3N5O2/c1-12-29-21-15(22(28)33)9-13(31-5-7-34-8-6-31)10-18(21)32(12)17-11-19(23(25,26)27)30-20-14(17)3-2-4-16(20)24/h2-4,9-11H,5-8H2,1H3,(H2,28,33). The number of alkyl halides is 3. The van der Waals surface area contributed by atoms with Crippen LogP contribution in [0.2, 0.25) is 5.02 Å². The van der Waals surface area contributed by atoms with Crippen molar-refractivity contribution in [1.82, 2.24) is 14.5 Å². The molecule has 0 unspecified atom stereocenters. The molecule has 0 aliphatic carbocycles. The summed E-state index contributed by atoms with van der Waals surface area (Å²) in [6.07, 6.45) is -4.69. The maximum atomic E-state index is 13.8. The Morgan fingerprint density at radius 3 is 2.53 bits per heavy atom. The van der Waals surface area contributed by atoms with Crippen molar-refractivity contribution in [2.45, 2.75) is 13.1 Å². The summed E-state index contributed by atoms with van der Waals surface area (Å²) in [5, 5.41) is 0.513. The van der Waals surface area contributed by atoms with E-state index in [-0.39, 0.29) is 21.8 Å². The highest BCUT2D eigenvalue weighted by molar-refractivity contribution is 6.35. The Morgan fingerprint density at radius 2 is 1.85 bits per heavy atom. The van der Waals surface area contributed by atoms with Gasteiger partial charge in [0, 0.05) is 24.2 Å². The predicted molar refractivity (Wildman–Crippen MR) is 123 cm³/mol. The van der Waals surface area contributed by atoms with Gasteiger partial charge >= 0.3 is 6.18 Å². The van der Waals surface area contributed by atoms with Crippen LogP contribution >= 0.6 is 11.6 Å². The molecule has 3 heterocycles. The molecule has 0 radical (unpaired) electrons. The number of nitrogens with two attached hydrogens (primary N) is 1. The second-order valence-electron chi connectivity index (χ2n) is 7.98. The van der Waals surface area contributed by atoms with Crippen molar-refractivity contribution < 1.29 is 22.7 Å². The largest absolute Gasteiger partial charge is 0.433 e. The quantitative estimate of drug-likeness (QED) is 0.458. The van der Waals surface area contributed by atoms with Gasteiger partial charge < -0.3 is 15.4 Å². The third-order valence-electron chi connectivity index (χ3n) is 5.85. The molecule has 4 aromatic rings. The Bertz CT molecular complexity index is 1440. The van der Waals surface area contributed by atoms with Gasteiger partial charge in [-0.15, -0.1) is 0 Å². The number of hydrogen-bond acceptors (Lipinski definition) is 5. The first kappa shape index (κ1) is 22.4. The Kier molecular flexibility index (Phi) is 5.37. The molecule has 2 N–H and O–H groups in total. The second kappa shape index (κ2) is 8.14. The van der Waals surface area contributed by atoms with E-state index >= 15 is 0 Å². The number of carbonyl (C=O) groups is 1. The third-order valence-corrected chi connectivity index (χ3v) is 6.16. The molecule has 0 bridgehead atoms. The number of anilines is 1. The van der Waals surface area contributed by atoms with Crippen LogP contribution < -0.4 is 10.6 Å². The molecule has 1 fully saturated rings. The van der Waals surface area contributed by atoms with Gasteiger partial charge in [0.15, 0.2) is 0 Å². The van der Waals surface area contributed by atoms with E-state index in [1.165, 1.54) is 6.07 Å². The Morgan fingerprint density at radius 1 is 1.12 bits per heavy atom. The first-order valence-corrected chi connectivity index (χ1v) is 10.9. The SMILES string of the molecule is Cc1nc2c(C(N)=O)cc(N3CCOCC3)cc2n1-c1cc(C(F)(F)F)nc2c(Cl)cccc12. The number of nitrogens with zero attached hydrogens (tertiary/aromatic N) is 4. The van der Waals surface area contributed by atoms with E-state index in [4.69, 9.17) is 22.1 Å². The molecular formula is C23H19ClF3N5O2. The van der Waals surface area contributed by atoms with Crippen molar-refractivity contribution >= 4 is 45.1 Å². The molecule has 0 saturated carbocycles. The second-order valence-corrected chi connectivity index (χ2v) is 8.39. The number of imidazole rings is 1. The lowest BCUT2D eigenvalue weighted by Gasteiger charge is -2.29. The summed E-state index contributed by atoms with van der Waals surface area (Å²) in [5.41, 5.74) is 6.46. The number of hydrogen-bond donors (Lipinski definition) is 1. The maximum absolute atomic E-state index is 13.8. The number of aryl methyl sites for hydroxylation is 1. The number of amides is 1. The van der Waals surface area contributed by atoms with Crippen molar-refractivity contribution in [3.8, 4) is 5.69 Å². The highest BCUT2D eigenvalue weighted by Crippen LogP contribution is 2.37. The average Bonchev–Trinajstić information content (AvgIpc) is 3.13. The molecule has 11 heteroatoms. The van der Waals surface area contributed by atoms with Crippen LogP contribution in [0.1, 0.15) is 21.9 Å². The van der Waals surface area contributed by atoms with Crippen LogP contribution in [-0.2, 0) is 10.9 Å². The van der Waals surface area contributed by atoms with Crippen LogP contribution in [-0.4, -0.2) is 46.7 Å². The molecule has 7 nitrogen and oxygen atoms in total. The first-order valence-electron chi connectivity index (χ1n) is 10.5. The van der Waals surface area contributed by atoms with Crippen LogP contribution in [0.15, 0.2) is 36.4 Å². The molecule has 1 saturated heterocycles. The minimum atomic E-state index is -4.69.